The van der Waals surface area contributed by atoms with Gasteiger partial charge < -0.3 is 5.32 Å². The van der Waals surface area contributed by atoms with E-state index >= 15 is 0 Å². The standard InChI is InChI=1S/C23H32N2O3S/c1-6-22(25(29(5,27)28)20-14-12-18(4)13-15-20)23(26)24-21(16-17(2)3)19-10-8-7-9-11-19/h7-15,17,21-22H,6,16H2,1-5H3,(H,24,26)/t21-,22+/m0/s1. The van der Waals surface area contributed by atoms with Gasteiger partial charge in [-0.1, -0.05) is 68.8 Å². The van der Waals surface area contributed by atoms with E-state index in [0.717, 1.165) is 23.8 Å². The van der Waals surface area contributed by atoms with Gasteiger partial charge in [0, 0.05) is 0 Å². The van der Waals surface area contributed by atoms with Crippen LogP contribution in [0.2, 0.25) is 0 Å². The van der Waals surface area contributed by atoms with E-state index in [0.29, 0.717) is 18.0 Å². The summed E-state index contributed by atoms with van der Waals surface area (Å²) >= 11 is 0. The molecule has 0 saturated heterocycles. The molecule has 2 aromatic carbocycles. The zero-order valence-electron chi connectivity index (χ0n) is 17.9. The van der Waals surface area contributed by atoms with Gasteiger partial charge in [0.05, 0.1) is 18.0 Å². The van der Waals surface area contributed by atoms with Crippen molar-refractivity contribution in [2.75, 3.05) is 10.6 Å². The Morgan fingerprint density at radius 2 is 1.62 bits per heavy atom. The summed E-state index contributed by atoms with van der Waals surface area (Å²) in [7, 11) is -3.64. The Morgan fingerprint density at radius 1 is 1.03 bits per heavy atom. The maximum atomic E-state index is 13.3. The molecule has 2 rings (SSSR count). The number of nitrogens with zero attached hydrogens (tertiary/aromatic N) is 1. The van der Waals surface area contributed by atoms with E-state index in [2.05, 4.69) is 19.2 Å². The summed E-state index contributed by atoms with van der Waals surface area (Å²) in [5.74, 6) is 0.0942. The molecule has 0 saturated carbocycles. The van der Waals surface area contributed by atoms with Crippen LogP contribution in [-0.2, 0) is 14.8 Å². The van der Waals surface area contributed by atoms with Crippen molar-refractivity contribution < 1.29 is 13.2 Å². The number of amides is 1. The van der Waals surface area contributed by atoms with Crippen molar-refractivity contribution in [1.29, 1.82) is 0 Å². The fraction of sp³-hybridized carbons (Fsp3) is 0.435. The van der Waals surface area contributed by atoms with Crippen molar-refractivity contribution in [3.8, 4) is 0 Å². The van der Waals surface area contributed by atoms with Crippen molar-refractivity contribution >= 4 is 21.6 Å². The molecule has 2 atom stereocenters. The van der Waals surface area contributed by atoms with Crippen LogP contribution >= 0.6 is 0 Å². The third kappa shape index (κ3) is 6.32. The summed E-state index contributed by atoms with van der Waals surface area (Å²) in [6.45, 7) is 7.98. The SMILES string of the molecule is CC[C@H](C(=O)N[C@@H](CC(C)C)c1ccccc1)N(c1ccc(C)cc1)S(C)(=O)=O. The molecule has 0 fully saturated rings. The Balaban J connectivity index is 2.35. The van der Waals surface area contributed by atoms with Gasteiger partial charge in [-0.05, 0) is 43.4 Å². The van der Waals surface area contributed by atoms with Crippen molar-refractivity contribution in [2.24, 2.45) is 5.92 Å². The molecule has 1 N–H and O–H groups in total. The molecule has 5 nitrogen and oxygen atoms in total. The number of rotatable bonds is 9. The lowest BCUT2D eigenvalue weighted by molar-refractivity contribution is -0.123. The largest absolute Gasteiger partial charge is 0.347 e. The Morgan fingerprint density at radius 3 is 2.10 bits per heavy atom. The number of sulfonamides is 1. The lowest BCUT2D eigenvalue weighted by Gasteiger charge is -2.32. The number of benzene rings is 2. The predicted molar refractivity (Wildman–Crippen MR) is 119 cm³/mol. The van der Waals surface area contributed by atoms with E-state index < -0.39 is 16.1 Å². The topological polar surface area (TPSA) is 66.5 Å². The molecule has 0 spiro atoms. The molecule has 0 aliphatic rings. The molecule has 6 heteroatoms. The third-order valence-corrected chi connectivity index (χ3v) is 6.02. The molecule has 0 aliphatic heterocycles. The highest BCUT2D eigenvalue weighted by Gasteiger charge is 2.32. The summed E-state index contributed by atoms with van der Waals surface area (Å²) in [4.78, 5) is 13.3. The number of hydrogen-bond donors (Lipinski definition) is 1. The molecule has 0 unspecified atom stereocenters. The van der Waals surface area contributed by atoms with Gasteiger partial charge in [0.1, 0.15) is 6.04 Å². The molecule has 0 heterocycles. The summed E-state index contributed by atoms with van der Waals surface area (Å²) < 4.78 is 26.4. The average Bonchev–Trinajstić information content (AvgIpc) is 2.65. The molecule has 2 aromatic rings. The number of carbonyl (C=O) groups excluding carboxylic acids is 1. The fourth-order valence-electron chi connectivity index (χ4n) is 3.45. The lowest BCUT2D eigenvalue weighted by atomic mass is 9.96. The third-order valence-electron chi connectivity index (χ3n) is 4.84. The van der Waals surface area contributed by atoms with Crippen molar-refractivity contribution in [3.63, 3.8) is 0 Å². The van der Waals surface area contributed by atoms with Crippen LogP contribution in [0.5, 0.6) is 0 Å². The van der Waals surface area contributed by atoms with Crippen LogP contribution < -0.4 is 9.62 Å². The normalized spacial score (nSPS) is 13.7. The highest BCUT2D eigenvalue weighted by atomic mass is 32.2. The highest BCUT2D eigenvalue weighted by molar-refractivity contribution is 7.92. The number of nitrogens with one attached hydrogen (secondary N) is 1. The lowest BCUT2D eigenvalue weighted by Crippen LogP contribution is -2.50. The predicted octanol–water partition coefficient (Wildman–Crippen LogP) is 4.44. The first kappa shape index (κ1) is 22.9. The second-order valence-electron chi connectivity index (χ2n) is 7.92. The quantitative estimate of drug-likeness (QED) is 0.657. The molecule has 1 amide bonds. The number of aryl methyl sites for hydroxylation is 1. The Kier molecular flexibility index (Phi) is 7.85. The molecular weight excluding hydrogens is 384 g/mol. The number of carbonyl (C=O) groups is 1. The minimum absolute atomic E-state index is 0.169. The van der Waals surface area contributed by atoms with Gasteiger partial charge in [-0.25, -0.2) is 8.42 Å². The number of anilines is 1. The van der Waals surface area contributed by atoms with Crippen LogP contribution in [-0.4, -0.2) is 26.6 Å². The summed E-state index contributed by atoms with van der Waals surface area (Å²) in [5.41, 5.74) is 2.55. The van der Waals surface area contributed by atoms with E-state index in [9.17, 15) is 13.2 Å². The Labute approximate surface area is 175 Å². The number of hydrogen-bond acceptors (Lipinski definition) is 3. The summed E-state index contributed by atoms with van der Waals surface area (Å²) in [6, 6.07) is 16.0. The fourth-order valence-corrected chi connectivity index (χ4v) is 4.67. The molecule has 0 radical (unpaired) electrons. The van der Waals surface area contributed by atoms with E-state index in [-0.39, 0.29) is 11.9 Å². The van der Waals surface area contributed by atoms with Crippen LogP contribution in [0.3, 0.4) is 0 Å². The zero-order valence-corrected chi connectivity index (χ0v) is 18.7. The van der Waals surface area contributed by atoms with Crippen LogP contribution in [0.1, 0.15) is 50.8 Å². The second-order valence-corrected chi connectivity index (χ2v) is 9.78. The molecule has 158 valence electrons. The first-order chi connectivity index (χ1) is 13.6. The van der Waals surface area contributed by atoms with Gasteiger partial charge in [0.15, 0.2) is 0 Å². The maximum absolute atomic E-state index is 13.3. The monoisotopic (exact) mass is 416 g/mol. The van der Waals surface area contributed by atoms with Crippen molar-refractivity contribution in [2.45, 2.75) is 52.6 Å². The molecule has 0 bridgehead atoms. The zero-order chi connectivity index (χ0) is 21.6. The molecule has 0 aliphatic carbocycles. The molecule has 29 heavy (non-hydrogen) atoms. The molecule has 0 aromatic heterocycles. The van der Waals surface area contributed by atoms with E-state index in [4.69, 9.17) is 0 Å². The molecular formula is C23H32N2O3S. The second kappa shape index (κ2) is 9.92. The van der Waals surface area contributed by atoms with Gasteiger partial charge >= 0.3 is 0 Å². The summed E-state index contributed by atoms with van der Waals surface area (Å²) in [5, 5.41) is 3.10. The van der Waals surface area contributed by atoms with Crippen LogP contribution in [0.4, 0.5) is 5.69 Å². The van der Waals surface area contributed by atoms with Crippen LogP contribution in [0, 0.1) is 12.8 Å². The maximum Gasteiger partial charge on any atom is 0.244 e. The Hall–Kier alpha value is -2.34. The van der Waals surface area contributed by atoms with E-state index in [1.165, 1.54) is 4.31 Å². The first-order valence-corrected chi connectivity index (χ1v) is 11.9. The summed E-state index contributed by atoms with van der Waals surface area (Å²) in [6.07, 6.45) is 2.29. The van der Waals surface area contributed by atoms with Gasteiger partial charge in [0.2, 0.25) is 15.9 Å². The smallest absolute Gasteiger partial charge is 0.244 e. The van der Waals surface area contributed by atoms with Crippen molar-refractivity contribution in [1.82, 2.24) is 5.32 Å². The minimum atomic E-state index is -3.64. The van der Waals surface area contributed by atoms with Gasteiger partial charge in [0.25, 0.3) is 0 Å². The Bertz CT molecular complexity index is 893. The van der Waals surface area contributed by atoms with Crippen LogP contribution in [0.25, 0.3) is 0 Å². The average molecular weight is 417 g/mol. The minimum Gasteiger partial charge on any atom is -0.347 e. The first-order valence-electron chi connectivity index (χ1n) is 10.0. The van der Waals surface area contributed by atoms with Gasteiger partial charge in [-0.3, -0.25) is 9.10 Å². The van der Waals surface area contributed by atoms with E-state index in [1.54, 1.807) is 12.1 Å². The van der Waals surface area contributed by atoms with Gasteiger partial charge in [-0.15, -0.1) is 0 Å². The van der Waals surface area contributed by atoms with Crippen LogP contribution in [0.15, 0.2) is 54.6 Å². The van der Waals surface area contributed by atoms with Crippen molar-refractivity contribution in [3.05, 3.63) is 65.7 Å². The highest BCUT2D eigenvalue weighted by Crippen LogP contribution is 2.25. The van der Waals surface area contributed by atoms with E-state index in [1.807, 2.05) is 56.3 Å². The van der Waals surface area contributed by atoms with Gasteiger partial charge in [-0.2, -0.15) is 0 Å².